The van der Waals surface area contributed by atoms with Gasteiger partial charge in [0.25, 0.3) is 0 Å². The minimum atomic E-state index is -3.27. The van der Waals surface area contributed by atoms with Crippen molar-refractivity contribution in [1.82, 2.24) is 19.8 Å². The van der Waals surface area contributed by atoms with E-state index in [1.54, 1.807) is 0 Å². The number of aromatic nitrogens is 2. The van der Waals surface area contributed by atoms with Crippen LogP contribution in [0.2, 0.25) is 0 Å². The molecule has 1 rings (SSSR count). The van der Waals surface area contributed by atoms with Gasteiger partial charge in [0.2, 0.25) is 10.0 Å². The molecule has 0 amide bonds. The van der Waals surface area contributed by atoms with E-state index < -0.39 is 15.6 Å². The highest BCUT2D eigenvalue weighted by molar-refractivity contribution is 7.89. The number of sulfonamides is 1. The van der Waals surface area contributed by atoms with Crippen molar-refractivity contribution in [1.29, 1.82) is 0 Å². The van der Waals surface area contributed by atoms with Gasteiger partial charge in [0, 0.05) is 45.3 Å². The Hall–Kier alpha value is -1.12. The van der Waals surface area contributed by atoms with Crippen molar-refractivity contribution in [3.05, 3.63) is 11.3 Å². The lowest BCUT2D eigenvalue weighted by Gasteiger charge is -2.20. The standard InChI is InChI=1S/C14H29N5O2S/c1-11-12(13(18(5)6)19(7)16-11)10-15-8-9-22(20,21)17-14(2,3)4/h15,17H,8-10H2,1-7H3. The summed E-state index contributed by atoms with van der Waals surface area (Å²) in [5.41, 5.74) is 1.60. The van der Waals surface area contributed by atoms with Crippen LogP contribution in [0, 0.1) is 6.92 Å². The zero-order valence-electron chi connectivity index (χ0n) is 14.7. The van der Waals surface area contributed by atoms with Crippen LogP contribution in [0.5, 0.6) is 0 Å². The number of rotatable bonds is 7. The van der Waals surface area contributed by atoms with Gasteiger partial charge in [0.05, 0.1) is 11.4 Å². The molecule has 2 N–H and O–H groups in total. The van der Waals surface area contributed by atoms with Gasteiger partial charge in [-0.05, 0) is 27.7 Å². The first-order valence-electron chi connectivity index (χ1n) is 7.35. The Labute approximate surface area is 134 Å². The van der Waals surface area contributed by atoms with Gasteiger partial charge in [-0.25, -0.2) is 13.1 Å². The molecule has 1 aromatic heterocycles. The molecule has 7 nitrogen and oxygen atoms in total. The number of nitrogens with one attached hydrogen (secondary N) is 2. The summed E-state index contributed by atoms with van der Waals surface area (Å²) in [4.78, 5) is 2.01. The number of hydrogen-bond acceptors (Lipinski definition) is 5. The highest BCUT2D eigenvalue weighted by atomic mass is 32.2. The lowest BCUT2D eigenvalue weighted by atomic mass is 10.1. The maximum absolute atomic E-state index is 11.9. The van der Waals surface area contributed by atoms with E-state index in [1.165, 1.54) is 0 Å². The second kappa shape index (κ2) is 6.97. The van der Waals surface area contributed by atoms with E-state index in [0.717, 1.165) is 17.1 Å². The van der Waals surface area contributed by atoms with E-state index in [-0.39, 0.29) is 5.75 Å². The molecule has 0 saturated heterocycles. The summed E-state index contributed by atoms with van der Waals surface area (Å²) in [6.07, 6.45) is 0. The molecule has 0 aliphatic heterocycles. The minimum absolute atomic E-state index is 0.0564. The first-order valence-corrected chi connectivity index (χ1v) is 9.00. The van der Waals surface area contributed by atoms with Crippen LogP contribution in [0.15, 0.2) is 0 Å². The molecule has 8 heteroatoms. The maximum atomic E-state index is 11.9. The molecule has 0 bridgehead atoms. The van der Waals surface area contributed by atoms with Crippen LogP contribution < -0.4 is 14.9 Å². The minimum Gasteiger partial charge on any atom is -0.363 e. The van der Waals surface area contributed by atoms with Crippen LogP contribution in [0.25, 0.3) is 0 Å². The van der Waals surface area contributed by atoms with E-state index in [1.807, 2.05) is 58.4 Å². The zero-order chi connectivity index (χ0) is 17.1. The number of anilines is 1. The Bertz CT molecular complexity index is 599. The molecule has 0 radical (unpaired) electrons. The number of aryl methyl sites for hydroxylation is 2. The fraction of sp³-hybridized carbons (Fsp3) is 0.786. The van der Waals surface area contributed by atoms with Crippen LogP contribution in [-0.2, 0) is 23.6 Å². The molecule has 0 spiro atoms. The van der Waals surface area contributed by atoms with Gasteiger partial charge in [-0.2, -0.15) is 5.10 Å². The molecule has 0 saturated carbocycles. The molecule has 0 aliphatic rings. The first kappa shape index (κ1) is 18.9. The van der Waals surface area contributed by atoms with E-state index in [2.05, 4.69) is 15.1 Å². The summed E-state index contributed by atoms with van der Waals surface area (Å²) in [7, 11) is 2.58. The Morgan fingerprint density at radius 3 is 2.36 bits per heavy atom. The molecule has 0 fully saturated rings. The Kier molecular flexibility index (Phi) is 6.00. The topological polar surface area (TPSA) is 79.3 Å². The predicted octanol–water partition coefficient (Wildman–Crippen LogP) is 0.602. The van der Waals surface area contributed by atoms with Crippen molar-refractivity contribution in [3.8, 4) is 0 Å². The Morgan fingerprint density at radius 1 is 1.27 bits per heavy atom. The second-order valence-corrected chi connectivity index (χ2v) is 8.60. The average molecular weight is 331 g/mol. The van der Waals surface area contributed by atoms with Gasteiger partial charge >= 0.3 is 0 Å². The predicted molar refractivity (Wildman–Crippen MR) is 90.7 cm³/mol. The van der Waals surface area contributed by atoms with E-state index in [4.69, 9.17) is 0 Å². The molecule has 128 valence electrons. The van der Waals surface area contributed by atoms with Crippen LogP contribution >= 0.6 is 0 Å². The van der Waals surface area contributed by atoms with E-state index >= 15 is 0 Å². The quantitative estimate of drug-likeness (QED) is 0.716. The van der Waals surface area contributed by atoms with Crippen LogP contribution in [0.1, 0.15) is 32.0 Å². The Morgan fingerprint density at radius 2 is 1.86 bits per heavy atom. The van der Waals surface area contributed by atoms with Crippen molar-refractivity contribution in [3.63, 3.8) is 0 Å². The van der Waals surface area contributed by atoms with Crippen molar-refractivity contribution in [2.75, 3.05) is 31.3 Å². The molecular weight excluding hydrogens is 302 g/mol. The van der Waals surface area contributed by atoms with Gasteiger partial charge in [0.1, 0.15) is 5.82 Å². The lowest BCUT2D eigenvalue weighted by molar-refractivity contribution is 0.490. The van der Waals surface area contributed by atoms with E-state index in [0.29, 0.717) is 13.1 Å². The van der Waals surface area contributed by atoms with Crippen molar-refractivity contribution in [2.45, 2.75) is 39.8 Å². The van der Waals surface area contributed by atoms with Gasteiger partial charge < -0.3 is 10.2 Å². The summed E-state index contributed by atoms with van der Waals surface area (Å²) >= 11 is 0. The third-order valence-electron chi connectivity index (χ3n) is 3.05. The summed E-state index contributed by atoms with van der Waals surface area (Å²) < 4.78 is 28.3. The third kappa shape index (κ3) is 5.58. The number of hydrogen-bond donors (Lipinski definition) is 2. The van der Waals surface area contributed by atoms with Crippen molar-refractivity contribution in [2.24, 2.45) is 7.05 Å². The number of nitrogens with zero attached hydrogens (tertiary/aromatic N) is 3. The third-order valence-corrected chi connectivity index (χ3v) is 4.71. The monoisotopic (exact) mass is 331 g/mol. The Balaban J connectivity index is 2.59. The van der Waals surface area contributed by atoms with Crippen molar-refractivity contribution < 1.29 is 8.42 Å². The van der Waals surface area contributed by atoms with Crippen LogP contribution in [0.4, 0.5) is 5.82 Å². The molecule has 1 heterocycles. The van der Waals surface area contributed by atoms with Crippen molar-refractivity contribution >= 4 is 15.8 Å². The summed E-state index contributed by atoms with van der Waals surface area (Å²) in [6, 6.07) is 0. The van der Waals surface area contributed by atoms with Gasteiger partial charge in [-0.15, -0.1) is 0 Å². The SMILES string of the molecule is Cc1nn(C)c(N(C)C)c1CNCCS(=O)(=O)NC(C)(C)C. The molecule has 22 heavy (non-hydrogen) atoms. The highest BCUT2D eigenvalue weighted by Gasteiger charge is 2.20. The maximum Gasteiger partial charge on any atom is 0.213 e. The fourth-order valence-corrected chi connectivity index (χ4v) is 3.84. The average Bonchev–Trinajstić information content (AvgIpc) is 2.56. The van der Waals surface area contributed by atoms with Gasteiger partial charge in [-0.3, -0.25) is 4.68 Å². The fourth-order valence-electron chi connectivity index (χ4n) is 2.39. The molecular formula is C14H29N5O2S. The smallest absolute Gasteiger partial charge is 0.213 e. The zero-order valence-corrected chi connectivity index (χ0v) is 15.5. The second-order valence-electron chi connectivity index (χ2n) is 6.75. The highest BCUT2D eigenvalue weighted by Crippen LogP contribution is 2.20. The van der Waals surface area contributed by atoms with E-state index in [9.17, 15) is 8.42 Å². The molecule has 0 aliphatic carbocycles. The molecule has 0 unspecified atom stereocenters. The molecule has 0 atom stereocenters. The normalized spacial score (nSPS) is 12.7. The lowest BCUT2D eigenvalue weighted by Crippen LogP contribution is -2.43. The largest absolute Gasteiger partial charge is 0.363 e. The van der Waals surface area contributed by atoms with Gasteiger partial charge in [-0.1, -0.05) is 0 Å². The molecule has 1 aromatic rings. The van der Waals surface area contributed by atoms with Crippen LogP contribution in [0.3, 0.4) is 0 Å². The summed E-state index contributed by atoms with van der Waals surface area (Å²) in [5, 5.41) is 7.61. The van der Waals surface area contributed by atoms with Gasteiger partial charge in [0.15, 0.2) is 0 Å². The first-order chi connectivity index (χ1) is 9.93. The van der Waals surface area contributed by atoms with Crippen LogP contribution in [-0.4, -0.2) is 50.1 Å². The summed E-state index contributed by atoms with van der Waals surface area (Å²) in [6.45, 7) is 8.45. The summed E-state index contributed by atoms with van der Waals surface area (Å²) in [5.74, 6) is 1.08. The molecule has 0 aromatic carbocycles.